The maximum absolute atomic E-state index is 5.62. The Hall–Kier alpha value is -0.800. The average molecular weight is 250 g/mol. The summed E-state index contributed by atoms with van der Waals surface area (Å²) in [6, 6.07) is 2.17. The zero-order valence-electron chi connectivity index (χ0n) is 12.1. The molecule has 0 saturated carbocycles. The van der Waals surface area contributed by atoms with Crippen LogP contribution in [-0.2, 0) is 13.1 Å². The fourth-order valence-corrected chi connectivity index (χ4v) is 2.71. The van der Waals surface area contributed by atoms with Crippen LogP contribution in [0.5, 0.6) is 0 Å². The normalized spacial score (nSPS) is 21.7. The highest BCUT2D eigenvalue weighted by atomic mass is 16.3. The van der Waals surface area contributed by atoms with Crippen molar-refractivity contribution in [2.45, 2.75) is 40.3 Å². The monoisotopic (exact) mass is 250 g/mol. The molecule has 1 atom stereocenters. The first-order valence-electron chi connectivity index (χ1n) is 6.92. The SMILES string of the molecule is CNCc1coc(CN2CCC(C(C)(C)C)C2)c1. The summed E-state index contributed by atoms with van der Waals surface area (Å²) in [6.45, 7) is 11.3. The van der Waals surface area contributed by atoms with E-state index >= 15 is 0 Å². The van der Waals surface area contributed by atoms with E-state index in [1.54, 1.807) is 0 Å². The molecule has 0 radical (unpaired) electrons. The van der Waals surface area contributed by atoms with Gasteiger partial charge in [0.1, 0.15) is 5.76 Å². The van der Waals surface area contributed by atoms with Crippen molar-refractivity contribution in [1.82, 2.24) is 10.2 Å². The van der Waals surface area contributed by atoms with Crippen LogP contribution in [0.4, 0.5) is 0 Å². The fraction of sp³-hybridized carbons (Fsp3) is 0.733. The Morgan fingerprint density at radius 1 is 1.44 bits per heavy atom. The van der Waals surface area contributed by atoms with Crippen molar-refractivity contribution in [2.24, 2.45) is 11.3 Å². The summed E-state index contributed by atoms with van der Waals surface area (Å²) < 4.78 is 5.62. The predicted molar refractivity (Wildman–Crippen MR) is 74.3 cm³/mol. The van der Waals surface area contributed by atoms with Crippen LogP contribution in [-0.4, -0.2) is 25.0 Å². The van der Waals surface area contributed by atoms with E-state index in [0.29, 0.717) is 5.41 Å². The summed E-state index contributed by atoms with van der Waals surface area (Å²) in [5, 5.41) is 3.14. The van der Waals surface area contributed by atoms with Crippen LogP contribution in [0.15, 0.2) is 16.7 Å². The molecule has 0 aromatic carbocycles. The molecule has 1 saturated heterocycles. The number of hydrogen-bond acceptors (Lipinski definition) is 3. The highest BCUT2D eigenvalue weighted by molar-refractivity contribution is 5.12. The quantitative estimate of drug-likeness (QED) is 0.890. The Morgan fingerprint density at radius 3 is 2.83 bits per heavy atom. The molecule has 1 unspecified atom stereocenters. The molecular weight excluding hydrogens is 224 g/mol. The van der Waals surface area contributed by atoms with Gasteiger partial charge in [0, 0.05) is 18.7 Å². The van der Waals surface area contributed by atoms with Crippen LogP contribution in [0.3, 0.4) is 0 Å². The number of nitrogens with one attached hydrogen (secondary N) is 1. The van der Waals surface area contributed by atoms with E-state index in [1.165, 1.54) is 25.1 Å². The van der Waals surface area contributed by atoms with Crippen LogP contribution in [0, 0.1) is 11.3 Å². The first-order chi connectivity index (χ1) is 8.49. The maximum Gasteiger partial charge on any atom is 0.118 e. The van der Waals surface area contributed by atoms with Crippen LogP contribution in [0.2, 0.25) is 0 Å². The molecule has 1 N–H and O–H groups in total. The van der Waals surface area contributed by atoms with E-state index in [2.05, 4.69) is 37.1 Å². The molecule has 1 fully saturated rings. The molecule has 18 heavy (non-hydrogen) atoms. The Kier molecular flexibility index (Phi) is 4.13. The largest absolute Gasteiger partial charge is 0.468 e. The molecule has 0 bridgehead atoms. The second kappa shape index (κ2) is 5.45. The third-order valence-corrected chi connectivity index (χ3v) is 3.97. The molecule has 1 aromatic heterocycles. The van der Waals surface area contributed by atoms with E-state index in [1.807, 2.05) is 13.3 Å². The molecule has 0 spiro atoms. The number of furan rings is 1. The minimum atomic E-state index is 0.426. The van der Waals surface area contributed by atoms with E-state index in [0.717, 1.165) is 24.8 Å². The van der Waals surface area contributed by atoms with Crippen molar-refractivity contribution in [3.05, 3.63) is 23.7 Å². The molecule has 1 aliphatic heterocycles. The maximum atomic E-state index is 5.62. The molecular formula is C15H26N2O. The summed E-state index contributed by atoms with van der Waals surface area (Å²) >= 11 is 0. The third-order valence-electron chi connectivity index (χ3n) is 3.97. The van der Waals surface area contributed by atoms with Crippen LogP contribution < -0.4 is 5.32 Å². The minimum Gasteiger partial charge on any atom is -0.468 e. The van der Waals surface area contributed by atoms with Crippen molar-refractivity contribution >= 4 is 0 Å². The number of rotatable bonds is 4. The standard InChI is InChI=1S/C15H26N2O/c1-15(2,3)13-5-6-17(9-13)10-14-7-12(8-16-4)11-18-14/h7,11,13,16H,5-6,8-10H2,1-4H3. The van der Waals surface area contributed by atoms with Gasteiger partial charge in [0.2, 0.25) is 0 Å². The van der Waals surface area contributed by atoms with Crippen LogP contribution >= 0.6 is 0 Å². The van der Waals surface area contributed by atoms with Gasteiger partial charge in [0.15, 0.2) is 0 Å². The van der Waals surface area contributed by atoms with Crippen LogP contribution in [0.25, 0.3) is 0 Å². The Labute approximate surface area is 111 Å². The number of nitrogens with zero attached hydrogens (tertiary/aromatic N) is 1. The van der Waals surface area contributed by atoms with Gasteiger partial charge in [-0.25, -0.2) is 0 Å². The molecule has 3 heteroatoms. The first-order valence-corrected chi connectivity index (χ1v) is 6.92. The lowest BCUT2D eigenvalue weighted by Gasteiger charge is -2.26. The van der Waals surface area contributed by atoms with Crippen molar-refractivity contribution in [3.8, 4) is 0 Å². The zero-order valence-corrected chi connectivity index (χ0v) is 12.1. The van der Waals surface area contributed by atoms with Gasteiger partial charge >= 0.3 is 0 Å². The average Bonchev–Trinajstić information content (AvgIpc) is 2.88. The van der Waals surface area contributed by atoms with E-state index in [9.17, 15) is 0 Å². The molecule has 1 aromatic rings. The number of hydrogen-bond donors (Lipinski definition) is 1. The molecule has 2 heterocycles. The summed E-state index contributed by atoms with van der Waals surface area (Å²) in [5.74, 6) is 1.90. The van der Waals surface area contributed by atoms with Gasteiger partial charge in [0.25, 0.3) is 0 Å². The van der Waals surface area contributed by atoms with Crippen molar-refractivity contribution in [3.63, 3.8) is 0 Å². The van der Waals surface area contributed by atoms with Gasteiger partial charge in [-0.1, -0.05) is 20.8 Å². The molecule has 3 nitrogen and oxygen atoms in total. The smallest absolute Gasteiger partial charge is 0.118 e. The molecule has 0 amide bonds. The third kappa shape index (κ3) is 3.36. The Morgan fingerprint density at radius 2 is 2.22 bits per heavy atom. The lowest BCUT2D eigenvalue weighted by atomic mass is 9.80. The second-order valence-electron chi connectivity index (χ2n) is 6.54. The summed E-state index contributed by atoms with van der Waals surface area (Å²) in [6.07, 6.45) is 3.18. The van der Waals surface area contributed by atoms with Gasteiger partial charge in [-0.2, -0.15) is 0 Å². The lowest BCUT2D eigenvalue weighted by Crippen LogP contribution is -2.25. The molecule has 0 aliphatic carbocycles. The highest BCUT2D eigenvalue weighted by Gasteiger charge is 2.31. The van der Waals surface area contributed by atoms with Crippen molar-refractivity contribution < 1.29 is 4.42 Å². The number of likely N-dealkylation sites (tertiary alicyclic amines) is 1. The first kappa shape index (κ1) is 13.6. The van der Waals surface area contributed by atoms with Gasteiger partial charge < -0.3 is 9.73 Å². The van der Waals surface area contributed by atoms with Gasteiger partial charge in [-0.3, -0.25) is 4.90 Å². The topological polar surface area (TPSA) is 28.4 Å². The van der Waals surface area contributed by atoms with E-state index < -0.39 is 0 Å². The minimum absolute atomic E-state index is 0.426. The summed E-state index contributed by atoms with van der Waals surface area (Å²) in [5.41, 5.74) is 1.66. The Bertz CT molecular complexity index is 378. The summed E-state index contributed by atoms with van der Waals surface area (Å²) in [7, 11) is 1.96. The fourth-order valence-electron chi connectivity index (χ4n) is 2.71. The molecule has 102 valence electrons. The molecule has 1 aliphatic rings. The van der Waals surface area contributed by atoms with Crippen molar-refractivity contribution in [2.75, 3.05) is 20.1 Å². The highest BCUT2D eigenvalue weighted by Crippen LogP contribution is 2.34. The van der Waals surface area contributed by atoms with Gasteiger partial charge in [-0.15, -0.1) is 0 Å². The lowest BCUT2D eigenvalue weighted by molar-refractivity contribution is 0.219. The zero-order chi connectivity index (χ0) is 13.2. The van der Waals surface area contributed by atoms with E-state index in [-0.39, 0.29) is 0 Å². The van der Waals surface area contributed by atoms with E-state index in [4.69, 9.17) is 4.42 Å². The van der Waals surface area contributed by atoms with Crippen LogP contribution in [0.1, 0.15) is 38.5 Å². The summed E-state index contributed by atoms with van der Waals surface area (Å²) in [4.78, 5) is 2.51. The second-order valence-corrected chi connectivity index (χ2v) is 6.54. The van der Waals surface area contributed by atoms with Crippen molar-refractivity contribution in [1.29, 1.82) is 0 Å². The molecule has 2 rings (SSSR count). The van der Waals surface area contributed by atoms with Gasteiger partial charge in [-0.05, 0) is 37.4 Å². The van der Waals surface area contributed by atoms with Gasteiger partial charge in [0.05, 0.1) is 12.8 Å². The predicted octanol–water partition coefficient (Wildman–Crippen LogP) is 2.87. The Balaban J connectivity index is 1.87.